The second kappa shape index (κ2) is 7.02. The summed E-state index contributed by atoms with van der Waals surface area (Å²) in [6.45, 7) is 4.15. The highest BCUT2D eigenvalue weighted by molar-refractivity contribution is 6.20. The molecule has 4 aliphatic rings. The van der Waals surface area contributed by atoms with Crippen molar-refractivity contribution in [3.05, 3.63) is 46.5 Å². The van der Waals surface area contributed by atoms with Gasteiger partial charge < -0.3 is 24.0 Å². The maximum Gasteiger partial charge on any atom is 0.231 e. The molecule has 0 aliphatic carbocycles. The zero-order valence-corrected chi connectivity index (χ0v) is 17.9. The highest BCUT2D eigenvalue weighted by Gasteiger charge is 2.31. The van der Waals surface area contributed by atoms with Crippen molar-refractivity contribution in [1.82, 2.24) is 4.90 Å². The average molecular weight is 425 g/mol. The summed E-state index contributed by atoms with van der Waals surface area (Å²) in [5.74, 6) is 2.68. The molecule has 2 aromatic rings. The van der Waals surface area contributed by atoms with Gasteiger partial charge in [-0.2, -0.15) is 0 Å². The predicted molar refractivity (Wildman–Crippen MR) is 119 cm³/mol. The number of anilines is 1. The summed E-state index contributed by atoms with van der Waals surface area (Å²) in [6.07, 6.45) is 5.37. The van der Waals surface area contributed by atoms with Crippen molar-refractivity contribution in [2.45, 2.75) is 31.2 Å². The third-order valence-corrected chi connectivity index (χ3v) is 7.19. The molecule has 4 aliphatic heterocycles. The highest BCUT2D eigenvalue weighted by atomic mass is 35.5. The van der Waals surface area contributed by atoms with E-state index in [4.69, 9.17) is 25.8 Å². The molecule has 0 N–H and O–H groups in total. The minimum Gasteiger partial charge on any atom is -0.495 e. The van der Waals surface area contributed by atoms with Crippen LogP contribution in [0, 0.1) is 0 Å². The molecule has 5 nitrogen and oxygen atoms in total. The summed E-state index contributed by atoms with van der Waals surface area (Å²) in [5, 5.41) is 0.282. The lowest BCUT2D eigenvalue weighted by molar-refractivity contribution is 0.174. The molecule has 0 spiro atoms. The van der Waals surface area contributed by atoms with Crippen molar-refractivity contribution in [2.75, 3.05) is 38.4 Å². The van der Waals surface area contributed by atoms with Crippen LogP contribution in [0.5, 0.6) is 17.2 Å². The fourth-order valence-corrected chi connectivity index (χ4v) is 5.36. The number of ether oxygens (including phenoxy) is 3. The van der Waals surface area contributed by atoms with E-state index in [0.717, 1.165) is 62.7 Å². The first-order valence-corrected chi connectivity index (χ1v) is 11.1. The first-order chi connectivity index (χ1) is 14.7. The molecule has 156 valence electrons. The van der Waals surface area contributed by atoms with Gasteiger partial charge in [0.25, 0.3) is 0 Å². The van der Waals surface area contributed by atoms with E-state index in [0.29, 0.717) is 6.79 Å². The number of halogens is 1. The fraction of sp³-hybridized carbons (Fsp3) is 0.417. The number of piperidine rings is 1. The van der Waals surface area contributed by atoms with Crippen LogP contribution < -0.4 is 19.1 Å². The number of nitrogens with zero attached hydrogens (tertiary/aromatic N) is 2. The smallest absolute Gasteiger partial charge is 0.231 e. The van der Waals surface area contributed by atoms with Crippen molar-refractivity contribution in [3.8, 4) is 17.2 Å². The van der Waals surface area contributed by atoms with Crippen molar-refractivity contribution in [1.29, 1.82) is 0 Å². The topological polar surface area (TPSA) is 34.2 Å². The van der Waals surface area contributed by atoms with Crippen LogP contribution in [0.1, 0.15) is 35.1 Å². The number of hydrogen-bond acceptors (Lipinski definition) is 5. The van der Waals surface area contributed by atoms with Gasteiger partial charge >= 0.3 is 0 Å². The van der Waals surface area contributed by atoms with E-state index in [1.807, 2.05) is 0 Å². The Morgan fingerprint density at radius 1 is 1.03 bits per heavy atom. The number of benzene rings is 2. The molecule has 6 heteroatoms. The van der Waals surface area contributed by atoms with Crippen LogP contribution in [-0.4, -0.2) is 43.8 Å². The molecule has 2 aromatic carbocycles. The molecule has 0 radical (unpaired) electrons. The largest absolute Gasteiger partial charge is 0.495 e. The monoisotopic (exact) mass is 424 g/mol. The van der Waals surface area contributed by atoms with Crippen LogP contribution in [0.15, 0.2) is 24.3 Å². The molecule has 1 fully saturated rings. The Balaban J connectivity index is 1.45. The summed E-state index contributed by atoms with van der Waals surface area (Å²) in [6, 6.07) is 8.60. The van der Waals surface area contributed by atoms with Crippen LogP contribution in [0.4, 0.5) is 5.69 Å². The molecule has 0 unspecified atom stereocenters. The number of hydrogen-bond donors (Lipinski definition) is 0. The Labute approximate surface area is 181 Å². The molecule has 0 bridgehead atoms. The second-order valence-corrected chi connectivity index (χ2v) is 9.03. The van der Waals surface area contributed by atoms with Crippen molar-refractivity contribution < 1.29 is 14.2 Å². The highest BCUT2D eigenvalue weighted by Crippen LogP contribution is 2.46. The van der Waals surface area contributed by atoms with Gasteiger partial charge in [0.2, 0.25) is 6.79 Å². The number of rotatable bonds is 2. The van der Waals surface area contributed by atoms with Gasteiger partial charge in [-0.05, 0) is 54.7 Å². The SMILES string of the molecule is COc1ccc2c(c1N1CCC(Cl)CC1)CN1CCc3cc4c(cc3C1=C2)OCO4. The first-order valence-electron chi connectivity index (χ1n) is 10.7. The van der Waals surface area contributed by atoms with Gasteiger partial charge in [-0.15, -0.1) is 11.6 Å². The van der Waals surface area contributed by atoms with E-state index in [2.05, 4.69) is 40.1 Å². The minimum absolute atomic E-state index is 0.282. The summed E-state index contributed by atoms with van der Waals surface area (Å²) in [5.41, 5.74) is 7.74. The predicted octanol–water partition coefficient (Wildman–Crippen LogP) is 4.50. The maximum absolute atomic E-state index is 6.37. The Bertz CT molecular complexity index is 1040. The second-order valence-electron chi connectivity index (χ2n) is 8.41. The lowest BCUT2D eigenvalue weighted by Gasteiger charge is -2.40. The summed E-state index contributed by atoms with van der Waals surface area (Å²) in [4.78, 5) is 4.95. The lowest BCUT2D eigenvalue weighted by Crippen LogP contribution is -2.37. The van der Waals surface area contributed by atoms with Crippen molar-refractivity contribution in [2.24, 2.45) is 0 Å². The van der Waals surface area contributed by atoms with Gasteiger partial charge in [0.1, 0.15) is 5.75 Å². The van der Waals surface area contributed by atoms with E-state index >= 15 is 0 Å². The quantitative estimate of drug-likeness (QED) is 0.663. The van der Waals surface area contributed by atoms with Gasteiger partial charge in [0.05, 0.1) is 12.8 Å². The van der Waals surface area contributed by atoms with E-state index in [1.165, 1.54) is 33.6 Å². The standard InChI is InChI=1S/C24H25ClN2O3/c1-28-21-3-2-15-10-20-18-12-23-22(29-14-30-23)11-16(18)4-7-27(20)13-19(15)24(21)26-8-5-17(25)6-9-26/h2-3,10-12,17H,4-9,13-14H2,1H3. The van der Waals surface area contributed by atoms with Gasteiger partial charge in [-0.1, -0.05) is 6.07 Å². The zero-order valence-electron chi connectivity index (χ0n) is 17.1. The molecule has 0 amide bonds. The molecule has 4 heterocycles. The zero-order chi connectivity index (χ0) is 20.2. The van der Waals surface area contributed by atoms with Gasteiger partial charge in [-0.25, -0.2) is 0 Å². The number of alkyl halides is 1. The van der Waals surface area contributed by atoms with Gasteiger partial charge in [-0.3, -0.25) is 0 Å². The van der Waals surface area contributed by atoms with E-state index in [1.54, 1.807) is 7.11 Å². The molecule has 6 rings (SSSR count). The number of fused-ring (bicyclic) bond motifs is 5. The van der Waals surface area contributed by atoms with Gasteiger partial charge in [0, 0.05) is 48.4 Å². The van der Waals surface area contributed by atoms with E-state index in [-0.39, 0.29) is 5.38 Å². The third-order valence-electron chi connectivity index (χ3n) is 6.75. The first kappa shape index (κ1) is 18.3. The molecular formula is C24H25ClN2O3. The van der Waals surface area contributed by atoms with Crippen LogP contribution >= 0.6 is 11.6 Å². The molecule has 1 saturated heterocycles. The van der Waals surface area contributed by atoms with Crippen LogP contribution in [0.2, 0.25) is 0 Å². The van der Waals surface area contributed by atoms with Crippen molar-refractivity contribution >= 4 is 29.1 Å². The molecule has 30 heavy (non-hydrogen) atoms. The normalized spacial score (nSPS) is 19.7. The average Bonchev–Trinajstić information content (AvgIpc) is 3.23. The van der Waals surface area contributed by atoms with Crippen LogP contribution in [0.25, 0.3) is 11.8 Å². The van der Waals surface area contributed by atoms with E-state index < -0.39 is 0 Å². The molecule has 0 saturated carbocycles. The van der Waals surface area contributed by atoms with Crippen molar-refractivity contribution in [3.63, 3.8) is 0 Å². The summed E-state index contributed by atoms with van der Waals surface area (Å²) >= 11 is 6.37. The Morgan fingerprint density at radius 2 is 1.83 bits per heavy atom. The Morgan fingerprint density at radius 3 is 2.63 bits per heavy atom. The Kier molecular flexibility index (Phi) is 4.27. The lowest BCUT2D eigenvalue weighted by atomic mass is 9.89. The van der Waals surface area contributed by atoms with Crippen LogP contribution in [0.3, 0.4) is 0 Å². The molecule has 0 atom stereocenters. The third kappa shape index (κ3) is 2.83. The van der Waals surface area contributed by atoms with Crippen LogP contribution in [-0.2, 0) is 13.0 Å². The minimum atomic E-state index is 0.282. The van der Waals surface area contributed by atoms with E-state index in [9.17, 15) is 0 Å². The fourth-order valence-electron chi connectivity index (χ4n) is 5.16. The summed E-state index contributed by atoms with van der Waals surface area (Å²) in [7, 11) is 1.77. The number of methoxy groups -OCH3 is 1. The summed E-state index contributed by atoms with van der Waals surface area (Å²) < 4.78 is 17.0. The molecule has 0 aromatic heterocycles. The Hall–Kier alpha value is -2.53. The molecular weight excluding hydrogens is 400 g/mol. The van der Waals surface area contributed by atoms with Gasteiger partial charge in [0.15, 0.2) is 11.5 Å². The maximum atomic E-state index is 6.37.